The predicted molar refractivity (Wildman–Crippen MR) is 328 cm³/mol. The minimum absolute atomic E-state index is 0.849. The predicted octanol–water partition coefficient (Wildman–Crippen LogP) is 20.3. The van der Waals surface area contributed by atoms with Crippen molar-refractivity contribution < 1.29 is 4.42 Å². The fourth-order valence-electron chi connectivity index (χ4n) is 12.1. The molecule has 3 heterocycles. The van der Waals surface area contributed by atoms with Crippen LogP contribution in [0.15, 0.2) is 271 Å². The fourth-order valence-corrected chi connectivity index (χ4v) is 12.7. The highest BCUT2D eigenvalue weighted by Gasteiger charge is 2.24. The van der Waals surface area contributed by atoms with Gasteiger partial charge < -0.3 is 13.9 Å². The van der Waals surface area contributed by atoms with Crippen molar-refractivity contribution in [3.8, 4) is 50.2 Å². The van der Waals surface area contributed by atoms with Crippen molar-refractivity contribution in [1.82, 2.24) is 13.3 Å². The number of para-hydroxylation sites is 1. The van der Waals surface area contributed by atoms with Gasteiger partial charge in [-0.15, -0.1) is 0 Å². The quantitative estimate of drug-likeness (QED) is 0.112. The fraction of sp³-hybridized carbons (Fsp3) is 0. The van der Waals surface area contributed by atoms with Crippen LogP contribution in [-0.2, 0) is 0 Å². The molecule has 0 radical (unpaired) electrons. The van der Waals surface area contributed by atoms with Gasteiger partial charge in [-0.2, -0.15) is 8.75 Å². The average Bonchev–Trinajstić information content (AvgIpc) is 4.36. The van der Waals surface area contributed by atoms with Gasteiger partial charge in [-0.1, -0.05) is 176 Å². The molecule has 0 saturated heterocycles. The van der Waals surface area contributed by atoms with Crippen molar-refractivity contribution in [3.05, 3.63) is 267 Å². The smallest absolute Gasteiger partial charge is 0.136 e. The van der Waals surface area contributed by atoms with Crippen molar-refractivity contribution >= 4 is 116 Å². The minimum Gasteiger partial charge on any atom is -0.456 e. The molecule has 0 bridgehead atoms. The summed E-state index contributed by atoms with van der Waals surface area (Å²) in [6, 6.07) is 96.5. The van der Waals surface area contributed by atoms with Crippen molar-refractivity contribution in [2.45, 2.75) is 0 Å². The maximum absolute atomic E-state index is 6.41. The van der Waals surface area contributed by atoms with E-state index in [1.54, 1.807) is 0 Å². The number of nitrogens with zero attached hydrogens (tertiary/aromatic N) is 4. The monoisotopic (exact) mass is 1010 g/mol. The summed E-state index contributed by atoms with van der Waals surface area (Å²) < 4.78 is 19.0. The Kier molecular flexibility index (Phi) is 10.0. The van der Waals surface area contributed by atoms with Crippen LogP contribution >= 0.6 is 11.7 Å². The van der Waals surface area contributed by atoms with E-state index in [0.717, 1.165) is 100 Å². The Labute approximate surface area is 453 Å². The van der Waals surface area contributed by atoms with Gasteiger partial charge in [0.05, 0.1) is 28.4 Å². The second-order valence-corrected chi connectivity index (χ2v) is 20.7. The molecule has 16 aromatic rings. The molecule has 0 atom stereocenters. The van der Waals surface area contributed by atoms with Gasteiger partial charge in [0.15, 0.2) is 0 Å². The Balaban J connectivity index is 0.855. The first-order valence-corrected chi connectivity index (χ1v) is 27.1. The highest BCUT2D eigenvalue weighted by Crippen LogP contribution is 2.47. The molecular weight excluding hydrogens is 969 g/mol. The number of furan rings is 1. The molecule has 0 spiro atoms. The summed E-state index contributed by atoms with van der Waals surface area (Å²) in [5.74, 6) is 0. The molecule has 364 valence electrons. The normalized spacial score (nSPS) is 11.8. The number of anilines is 3. The standard InChI is InChI=1S/C72H44N4OS/c1-3-14-45(15-4-1)47-26-32-54(33-27-47)75(56-21-13-20-49(40-56)46-16-5-2-6-17-46)66-39-37-57(70-71(66)74-78-73-70)48-28-34-55(35-29-48)76-65-38-31-52(53-30-36-60-59-23-11-12-25-67(59)77-68(60)44-53)43-64(65)69-61-24-10-9-22-58(61)62-41-50-18-7-8-19-51(50)42-63(62)72(69)76/h1-44H. The third kappa shape index (κ3) is 7.08. The van der Waals surface area contributed by atoms with E-state index >= 15 is 0 Å². The van der Waals surface area contributed by atoms with Crippen LogP contribution in [-0.4, -0.2) is 13.3 Å². The van der Waals surface area contributed by atoms with E-state index in [1.807, 2.05) is 12.1 Å². The molecule has 3 aromatic heterocycles. The van der Waals surface area contributed by atoms with E-state index in [0.29, 0.717) is 0 Å². The molecule has 16 rings (SSSR count). The molecule has 0 fully saturated rings. The SMILES string of the molecule is c1ccc(-c2ccc(N(c3cccc(-c4ccccc4)c3)c3ccc(-c4ccc(-n5c6ccc(-c7ccc8c(c7)oc7ccccc78)cc6c6c7ccccc7c7cc8ccccc8cc7c65)cc4)c4nsnc34)cc2)cc1. The van der Waals surface area contributed by atoms with Crippen LogP contribution < -0.4 is 4.90 Å². The Morgan fingerprint density at radius 2 is 0.936 bits per heavy atom. The van der Waals surface area contributed by atoms with Gasteiger partial charge in [0.1, 0.15) is 22.2 Å². The van der Waals surface area contributed by atoms with Crippen LogP contribution in [0.2, 0.25) is 0 Å². The van der Waals surface area contributed by atoms with E-state index in [4.69, 9.17) is 13.2 Å². The summed E-state index contributed by atoms with van der Waals surface area (Å²) >= 11 is 1.25. The Morgan fingerprint density at radius 1 is 0.346 bits per heavy atom. The first kappa shape index (κ1) is 44.2. The van der Waals surface area contributed by atoms with Crippen molar-refractivity contribution in [3.63, 3.8) is 0 Å². The van der Waals surface area contributed by atoms with Crippen LogP contribution in [0.3, 0.4) is 0 Å². The second-order valence-electron chi connectivity index (χ2n) is 20.2. The van der Waals surface area contributed by atoms with E-state index in [2.05, 4.69) is 264 Å². The summed E-state index contributed by atoms with van der Waals surface area (Å²) in [5, 5.41) is 12.0. The molecule has 13 aromatic carbocycles. The molecule has 78 heavy (non-hydrogen) atoms. The number of fused-ring (bicyclic) bond motifs is 13. The lowest BCUT2D eigenvalue weighted by molar-refractivity contribution is 0.669. The van der Waals surface area contributed by atoms with Gasteiger partial charge in [0.2, 0.25) is 0 Å². The number of benzene rings is 13. The third-order valence-electron chi connectivity index (χ3n) is 15.8. The summed E-state index contributed by atoms with van der Waals surface area (Å²) in [7, 11) is 0. The summed E-state index contributed by atoms with van der Waals surface area (Å²) in [5.41, 5.74) is 18.9. The number of aromatic nitrogens is 3. The molecule has 0 saturated carbocycles. The zero-order chi connectivity index (χ0) is 51.3. The Bertz CT molecular complexity index is 5020. The molecule has 0 N–H and O–H groups in total. The lowest BCUT2D eigenvalue weighted by Gasteiger charge is -2.26. The largest absolute Gasteiger partial charge is 0.456 e. The molecule has 0 aliphatic carbocycles. The Hall–Kier alpha value is -10.1. The van der Waals surface area contributed by atoms with E-state index in [-0.39, 0.29) is 0 Å². The van der Waals surface area contributed by atoms with Crippen LogP contribution in [0, 0.1) is 0 Å². The summed E-state index contributed by atoms with van der Waals surface area (Å²) in [4.78, 5) is 2.32. The molecule has 5 nitrogen and oxygen atoms in total. The van der Waals surface area contributed by atoms with E-state index in [9.17, 15) is 0 Å². The van der Waals surface area contributed by atoms with Gasteiger partial charge in [-0.05, 0) is 157 Å². The summed E-state index contributed by atoms with van der Waals surface area (Å²) in [6.45, 7) is 0. The van der Waals surface area contributed by atoms with Crippen LogP contribution in [0.5, 0.6) is 0 Å². The van der Waals surface area contributed by atoms with Gasteiger partial charge >= 0.3 is 0 Å². The zero-order valence-corrected chi connectivity index (χ0v) is 42.8. The van der Waals surface area contributed by atoms with Crippen LogP contribution in [0.25, 0.3) is 137 Å². The third-order valence-corrected chi connectivity index (χ3v) is 16.4. The van der Waals surface area contributed by atoms with Crippen molar-refractivity contribution in [2.75, 3.05) is 4.90 Å². The topological polar surface area (TPSA) is 47.1 Å². The minimum atomic E-state index is 0.849. The highest BCUT2D eigenvalue weighted by atomic mass is 32.1. The molecular formula is C72H44N4OS. The number of rotatable bonds is 8. The molecule has 0 aliphatic heterocycles. The maximum atomic E-state index is 6.41. The molecule has 0 aliphatic rings. The van der Waals surface area contributed by atoms with Crippen molar-refractivity contribution in [2.24, 2.45) is 0 Å². The lowest BCUT2D eigenvalue weighted by atomic mass is 9.93. The lowest BCUT2D eigenvalue weighted by Crippen LogP contribution is -2.11. The molecule has 6 heteroatoms. The average molecular weight is 1010 g/mol. The maximum Gasteiger partial charge on any atom is 0.136 e. The first-order chi connectivity index (χ1) is 38.7. The molecule has 0 amide bonds. The van der Waals surface area contributed by atoms with Crippen molar-refractivity contribution in [1.29, 1.82) is 0 Å². The second kappa shape index (κ2) is 17.7. The van der Waals surface area contributed by atoms with Crippen LogP contribution in [0.4, 0.5) is 17.1 Å². The van der Waals surface area contributed by atoms with Gasteiger partial charge in [0, 0.05) is 49.6 Å². The molecule has 0 unspecified atom stereocenters. The summed E-state index contributed by atoms with van der Waals surface area (Å²) in [6.07, 6.45) is 0. The van der Waals surface area contributed by atoms with Gasteiger partial charge in [-0.3, -0.25) is 0 Å². The first-order valence-electron chi connectivity index (χ1n) is 26.4. The highest BCUT2D eigenvalue weighted by molar-refractivity contribution is 7.00. The zero-order valence-electron chi connectivity index (χ0n) is 42.0. The van der Waals surface area contributed by atoms with E-state index < -0.39 is 0 Å². The van der Waals surface area contributed by atoms with Gasteiger partial charge in [0.25, 0.3) is 0 Å². The number of hydrogen-bond donors (Lipinski definition) is 0. The number of hydrogen-bond acceptors (Lipinski definition) is 5. The van der Waals surface area contributed by atoms with Gasteiger partial charge in [-0.25, -0.2) is 0 Å². The van der Waals surface area contributed by atoms with Crippen LogP contribution in [0.1, 0.15) is 0 Å². The van der Waals surface area contributed by atoms with E-state index in [1.165, 1.54) is 65.9 Å². The Morgan fingerprint density at radius 3 is 1.73 bits per heavy atom.